The van der Waals surface area contributed by atoms with Crippen molar-refractivity contribution < 1.29 is 14.6 Å². The second-order valence-electron chi connectivity index (χ2n) is 5.46. The Morgan fingerprint density at radius 2 is 1.91 bits per heavy atom. The zero-order valence-corrected chi connectivity index (χ0v) is 14.0. The topological polar surface area (TPSA) is 73.9 Å². The van der Waals surface area contributed by atoms with Gasteiger partial charge in [-0.15, -0.1) is 0 Å². The predicted octanol–water partition coefficient (Wildman–Crippen LogP) is 2.19. The van der Waals surface area contributed by atoms with Crippen molar-refractivity contribution in [3.8, 4) is 0 Å². The molecule has 0 aliphatic heterocycles. The standard InChI is InChI=1S/C17H22ClNO4/c1-2-12-8-16-14(10-15(12)18)13(9-17(22)23-16)11-19(5-7-21)4-3-6-20/h8-10,20-21H,2-7,11H2,1H3. The van der Waals surface area contributed by atoms with Crippen LogP contribution in [-0.2, 0) is 13.0 Å². The number of aliphatic hydroxyl groups is 2. The Morgan fingerprint density at radius 1 is 1.13 bits per heavy atom. The van der Waals surface area contributed by atoms with E-state index in [4.69, 9.17) is 21.1 Å². The Balaban J connectivity index is 2.42. The van der Waals surface area contributed by atoms with Crippen LogP contribution in [0.25, 0.3) is 11.0 Å². The minimum atomic E-state index is -0.400. The molecule has 1 aromatic carbocycles. The molecule has 0 aliphatic carbocycles. The molecule has 1 heterocycles. The molecule has 0 amide bonds. The predicted molar refractivity (Wildman–Crippen MR) is 90.9 cm³/mol. The van der Waals surface area contributed by atoms with E-state index in [0.29, 0.717) is 36.7 Å². The van der Waals surface area contributed by atoms with Crippen molar-refractivity contribution in [2.45, 2.75) is 26.3 Å². The van der Waals surface area contributed by atoms with E-state index in [1.165, 1.54) is 6.07 Å². The lowest BCUT2D eigenvalue weighted by atomic mass is 10.1. The highest BCUT2D eigenvalue weighted by Gasteiger charge is 2.13. The highest BCUT2D eigenvalue weighted by atomic mass is 35.5. The molecule has 0 spiro atoms. The van der Waals surface area contributed by atoms with Crippen molar-refractivity contribution in [3.63, 3.8) is 0 Å². The Labute approximate surface area is 140 Å². The Kier molecular flexibility index (Phi) is 6.59. The van der Waals surface area contributed by atoms with E-state index in [2.05, 4.69) is 0 Å². The maximum atomic E-state index is 11.8. The molecule has 0 radical (unpaired) electrons. The van der Waals surface area contributed by atoms with Gasteiger partial charge in [-0.2, -0.15) is 0 Å². The lowest BCUT2D eigenvalue weighted by Crippen LogP contribution is -2.28. The molecule has 2 aromatic rings. The molecule has 0 fully saturated rings. The molecule has 0 saturated heterocycles. The third kappa shape index (κ3) is 4.54. The van der Waals surface area contributed by atoms with Crippen LogP contribution in [0, 0.1) is 0 Å². The third-order valence-corrected chi connectivity index (χ3v) is 4.17. The number of hydrogen-bond acceptors (Lipinski definition) is 5. The van der Waals surface area contributed by atoms with Gasteiger partial charge in [-0.05, 0) is 36.1 Å². The van der Waals surface area contributed by atoms with E-state index in [1.807, 2.05) is 24.0 Å². The number of rotatable bonds is 8. The van der Waals surface area contributed by atoms with Crippen LogP contribution < -0.4 is 5.63 Å². The van der Waals surface area contributed by atoms with E-state index in [1.54, 1.807) is 0 Å². The summed E-state index contributed by atoms with van der Waals surface area (Å²) in [4.78, 5) is 13.8. The first-order valence-electron chi connectivity index (χ1n) is 7.78. The number of benzene rings is 1. The fourth-order valence-corrected chi connectivity index (χ4v) is 2.93. The van der Waals surface area contributed by atoms with E-state index in [-0.39, 0.29) is 13.2 Å². The quantitative estimate of drug-likeness (QED) is 0.721. The Bertz CT molecular complexity index is 714. The van der Waals surface area contributed by atoms with Gasteiger partial charge in [0.25, 0.3) is 0 Å². The molecule has 0 saturated carbocycles. The highest BCUT2D eigenvalue weighted by Crippen LogP contribution is 2.26. The van der Waals surface area contributed by atoms with Gasteiger partial charge in [0.15, 0.2) is 0 Å². The van der Waals surface area contributed by atoms with Gasteiger partial charge in [-0.1, -0.05) is 18.5 Å². The Hall–Kier alpha value is -1.40. The van der Waals surface area contributed by atoms with Crippen molar-refractivity contribution in [3.05, 3.63) is 44.8 Å². The van der Waals surface area contributed by atoms with Crippen molar-refractivity contribution in [1.82, 2.24) is 4.90 Å². The van der Waals surface area contributed by atoms with Crippen LogP contribution in [0.4, 0.5) is 0 Å². The summed E-state index contributed by atoms with van der Waals surface area (Å²) in [5, 5.41) is 19.6. The average Bonchev–Trinajstić information content (AvgIpc) is 2.52. The molecule has 0 unspecified atom stereocenters. The van der Waals surface area contributed by atoms with Gasteiger partial charge in [0.1, 0.15) is 5.58 Å². The number of hydrogen-bond donors (Lipinski definition) is 2. The van der Waals surface area contributed by atoms with Crippen LogP contribution in [-0.4, -0.2) is 41.4 Å². The van der Waals surface area contributed by atoms with Crippen molar-refractivity contribution in [2.24, 2.45) is 0 Å². The van der Waals surface area contributed by atoms with Crippen LogP contribution in [0.5, 0.6) is 0 Å². The van der Waals surface area contributed by atoms with Gasteiger partial charge in [0.05, 0.1) is 6.61 Å². The minimum Gasteiger partial charge on any atom is -0.423 e. The van der Waals surface area contributed by atoms with E-state index in [0.717, 1.165) is 22.9 Å². The van der Waals surface area contributed by atoms with Crippen LogP contribution in [0.2, 0.25) is 5.02 Å². The normalized spacial score (nSPS) is 11.5. The molecule has 0 atom stereocenters. The minimum absolute atomic E-state index is 0.0194. The van der Waals surface area contributed by atoms with Crippen LogP contribution in [0.3, 0.4) is 0 Å². The fourth-order valence-electron chi connectivity index (χ4n) is 2.64. The number of halogens is 1. The summed E-state index contributed by atoms with van der Waals surface area (Å²) in [7, 11) is 0. The largest absolute Gasteiger partial charge is 0.423 e. The first-order chi connectivity index (χ1) is 11.1. The van der Waals surface area contributed by atoms with Crippen LogP contribution >= 0.6 is 11.6 Å². The van der Waals surface area contributed by atoms with E-state index < -0.39 is 5.63 Å². The van der Waals surface area contributed by atoms with Crippen molar-refractivity contribution in [2.75, 3.05) is 26.3 Å². The number of fused-ring (bicyclic) bond motifs is 1. The first-order valence-corrected chi connectivity index (χ1v) is 8.16. The third-order valence-electron chi connectivity index (χ3n) is 3.82. The van der Waals surface area contributed by atoms with E-state index in [9.17, 15) is 9.90 Å². The molecular formula is C17H22ClNO4. The molecule has 2 rings (SSSR count). The maximum absolute atomic E-state index is 11.8. The molecule has 0 bridgehead atoms. The van der Waals surface area contributed by atoms with Gasteiger partial charge in [-0.25, -0.2) is 4.79 Å². The number of aliphatic hydroxyl groups excluding tert-OH is 2. The zero-order chi connectivity index (χ0) is 16.8. The molecule has 2 N–H and O–H groups in total. The van der Waals surface area contributed by atoms with Gasteiger partial charge in [0.2, 0.25) is 0 Å². The summed E-state index contributed by atoms with van der Waals surface area (Å²) in [6, 6.07) is 5.11. The average molecular weight is 340 g/mol. The fraction of sp³-hybridized carbons (Fsp3) is 0.471. The monoisotopic (exact) mass is 339 g/mol. The second kappa shape index (κ2) is 8.45. The number of nitrogens with zero attached hydrogens (tertiary/aromatic N) is 1. The van der Waals surface area contributed by atoms with Gasteiger partial charge < -0.3 is 14.6 Å². The molecule has 126 valence electrons. The van der Waals surface area contributed by atoms with Crippen molar-refractivity contribution in [1.29, 1.82) is 0 Å². The Morgan fingerprint density at radius 3 is 2.57 bits per heavy atom. The number of aryl methyl sites for hydroxylation is 1. The smallest absolute Gasteiger partial charge is 0.336 e. The van der Waals surface area contributed by atoms with Gasteiger partial charge >= 0.3 is 5.63 Å². The summed E-state index contributed by atoms with van der Waals surface area (Å²) in [5.41, 5.74) is 1.88. The second-order valence-corrected chi connectivity index (χ2v) is 5.87. The molecule has 1 aromatic heterocycles. The van der Waals surface area contributed by atoms with Crippen molar-refractivity contribution >= 4 is 22.6 Å². The maximum Gasteiger partial charge on any atom is 0.336 e. The molecule has 23 heavy (non-hydrogen) atoms. The van der Waals surface area contributed by atoms with Crippen LogP contribution in [0.15, 0.2) is 27.4 Å². The first kappa shape index (κ1) is 17.9. The van der Waals surface area contributed by atoms with Gasteiger partial charge in [0, 0.05) is 42.7 Å². The SMILES string of the molecule is CCc1cc2oc(=O)cc(CN(CCO)CCCO)c2cc1Cl. The summed E-state index contributed by atoms with van der Waals surface area (Å²) in [5.74, 6) is 0. The molecule has 6 heteroatoms. The summed E-state index contributed by atoms with van der Waals surface area (Å²) in [6.07, 6.45) is 1.37. The molecule has 0 aliphatic rings. The summed E-state index contributed by atoms with van der Waals surface area (Å²) >= 11 is 6.29. The lowest BCUT2D eigenvalue weighted by Gasteiger charge is -2.21. The summed E-state index contributed by atoms with van der Waals surface area (Å²) in [6.45, 7) is 3.70. The highest BCUT2D eigenvalue weighted by molar-refractivity contribution is 6.32. The van der Waals surface area contributed by atoms with E-state index >= 15 is 0 Å². The lowest BCUT2D eigenvalue weighted by molar-refractivity contribution is 0.174. The van der Waals surface area contributed by atoms with Gasteiger partial charge in [-0.3, -0.25) is 4.90 Å². The van der Waals surface area contributed by atoms with Crippen LogP contribution in [0.1, 0.15) is 24.5 Å². The summed E-state index contributed by atoms with van der Waals surface area (Å²) < 4.78 is 5.30. The molecular weight excluding hydrogens is 318 g/mol. The molecule has 5 nitrogen and oxygen atoms in total. The zero-order valence-electron chi connectivity index (χ0n) is 13.2.